The zero-order chi connectivity index (χ0) is 23.8. The molecule has 1 fully saturated rings. The summed E-state index contributed by atoms with van der Waals surface area (Å²) in [5.74, 6) is -2.42. The predicted molar refractivity (Wildman–Crippen MR) is 106 cm³/mol. The first kappa shape index (κ1) is 24.8. The number of carbonyl (C=O) groups is 5. The van der Waals surface area contributed by atoms with Gasteiger partial charge >= 0.3 is 17.9 Å². The van der Waals surface area contributed by atoms with Gasteiger partial charge in [0.2, 0.25) is 12.2 Å². The molecule has 174 valence electrons. The highest BCUT2D eigenvalue weighted by Gasteiger charge is 2.52. The van der Waals surface area contributed by atoms with Gasteiger partial charge < -0.3 is 29.0 Å². The van der Waals surface area contributed by atoms with E-state index in [2.05, 4.69) is 5.32 Å². The monoisotopic (exact) mass is 451 g/mol. The van der Waals surface area contributed by atoms with Gasteiger partial charge in [0.15, 0.2) is 18.5 Å². The van der Waals surface area contributed by atoms with E-state index < -0.39 is 54.5 Å². The number of hydrogen-bond donors (Lipinski definition) is 1. The van der Waals surface area contributed by atoms with E-state index in [0.717, 1.165) is 13.8 Å². The second kappa shape index (κ2) is 11.2. The number of benzene rings is 1. The lowest BCUT2D eigenvalue weighted by Gasteiger charge is -2.44. The molecule has 2 rings (SSSR count). The number of amides is 1. The summed E-state index contributed by atoms with van der Waals surface area (Å²) in [6, 6.07) is 5.15. The Kier molecular flexibility index (Phi) is 8.71. The molecule has 11 heteroatoms. The number of aldehydes is 1. The molecular formula is C21H25NO10. The molecule has 0 bridgehead atoms. The van der Waals surface area contributed by atoms with E-state index in [9.17, 15) is 24.0 Å². The van der Waals surface area contributed by atoms with Crippen LogP contribution in [0, 0.1) is 0 Å². The highest BCUT2D eigenvalue weighted by atomic mass is 16.7. The minimum atomic E-state index is -1.29. The molecule has 1 saturated heterocycles. The first-order valence-electron chi connectivity index (χ1n) is 9.73. The normalized spacial score (nSPS) is 24.6. The average Bonchev–Trinajstić information content (AvgIpc) is 2.70. The van der Waals surface area contributed by atoms with E-state index in [1.54, 1.807) is 12.1 Å². The lowest BCUT2D eigenvalue weighted by Crippen LogP contribution is -2.67. The molecule has 0 spiro atoms. The molecule has 1 aromatic rings. The van der Waals surface area contributed by atoms with Crippen molar-refractivity contribution in [3.05, 3.63) is 29.8 Å². The molecular weight excluding hydrogens is 426 g/mol. The Morgan fingerprint density at radius 1 is 0.969 bits per heavy atom. The van der Waals surface area contributed by atoms with Gasteiger partial charge in [0, 0.05) is 27.7 Å². The smallest absolute Gasteiger partial charge is 0.303 e. The fraction of sp³-hybridized carbons (Fsp3) is 0.476. The van der Waals surface area contributed by atoms with Gasteiger partial charge in [-0.1, -0.05) is 12.1 Å². The molecule has 11 nitrogen and oxygen atoms in total. The van der Waals surface area contributed by atoms with Crippen molar-refractivity contribution in [1.29, 1.82) is 0 Å². The Hall–Kier alpha value is -3.47. The molecule has 0 saturated carbocycles. The maximum atomic E-state index is 11.9. The standard InChI is InChI=1S/C21H25NO10/c1-11(24)22-18-20(30-14(4)27)19(29-13(3)26)17(10-28-12(2)25)32-21(18)31-16-8-6-5-7-15(16)9-23/h5-9,17-21H,10H2,1-4H3,(H,22,24)/t17-,18-,19-,20-,21-/m1/s1. The van der Waals surface area contributed by atoms with Crippen molar-refractivity contribution in [2.45, 2.75) is 58.3 Å². The molecule has 1 aliphatic heterocycles. The summed E-state index contributed by atoms with van der Waals surface area (Å²) in [6.45, 7) is 4.34. The minimum Gasteiger partial charge on any atom is -0.463 e. The fourth-order valence-electron chi connectivity index (χ4n) is 3.20. The van der Waals surface area contributed by atoms with Gasteiger partial charge in [-0.3, -0.25) is 24.0 Å². The van der Waals surface area contributed by atoms with Crippen molar-refractivity contribution in [3.63, 3.8) is 0 Å². The van der Waals surface area contributed by atoms with Crippen LogP contribution in [0.1, 0.15) is 38.1 Å². The van der Waals surface area contributed by atoms with Gasteiger partial charge in [-0.15, -0.1) is 0 Å². The van der Waals surface area contributed by atoms with Crippen LogP contribution in [0.4, 0.5) is 0 Å². The molecule has 5 atom stereocenters. The maximum absolute atomic E-state index is 11.9. The Morgan fingerprint density at radius 2 is 1.59 bits per heavy atom. The van der Waals surface area contributed by atoms with E-state index in [4.69, 9.17) is 23.7 Å². The van der Waals surface area contributed by atoms with Crippen LogP contribution in [0.15, 0.2) is 24.3 Å². The second-order valence-electron chi connectivity index (χ2n) is 6.99. The van der Waals surface area contributed by atoms with Crippen LogP contribution < -0.4 is 10.1 Å². The third-order valence-electron chi connectivity index (χ3n) is 4.36. The van der Waals surface area contributed by atoms with Gasteiger partial charge in [0.25, 0.3) is 0 Å². The van der Waals surface area contributed by atoms with Gasteiger partial charge in [0.1, 0.15) is 24.5 Å². The van der Waals surface area contributed by atoms with E-state index in [0.29, 0.717) is 6.29 Å². The summed E-state index contributed by atoms with van der Waals surface area (Å²) in [5.41, 5.74) is 0.209. The van der Waals surface area contributed by atoms with E-state index in [1.165, 1.54) is 26.0 Å². The van der Waals surface area contributed by atoms with Gasteiger partial charge in [0.05, 0.1) is 5.56 Å². The van der Waals surface area contributed by atoms with Gasteiger partial charge in [-0.2, -0.15) is 0 Å². The average molecular weight is 451 g/mol. The number of para-hydroxylation sites is 1. The highest BCUT2D eigenvalue weighted by Crippen LogP contribution is 2.30. The zero-order valence-corrected chi connectivity index (χ0v) is 18.1. The maximum Gasteiger partial charge on any atom is 0.303 e. The summed E-state index contributed by atoms with van der Waals surface area (Å²) in [7, 11) is 0. The second-order valence-corrected chi connectivity index (χ2v) is 6.99. The summed E-state index contributed by atoms with van der Waals surface area (Å²) in [6.07, 6.45) is -4.30. The van der Waals surface area contributed by atoms with Crippen molar-refractivity contribution in [2.75, 3.05) is 6.61 Å². The van der Waals surface area contributed by atoms with Crippen molar-refractivity contribution in [2.24, 2.45) is 0 Å². The van der Waals surface area contributed by atoms with Crippen molar-refractivity contribution in [3.8, 4) is 5.75 Å². The van der Waals surface area contributed by atoms with E-state index in [-0.39, 0.29) is 17.9 Å². The van der Waals surface area contributed by atoms with Crippen LogP contribution >= 0.6 is 0 Å². The van der Waals surface area contributed by atoms with Crippen LogP contribution in [-0.4, -0.2) is 67.4 Å². The topological polar surface area (TPSA) is 144 Å². The molecule has 0 radical (unpaired) electrons. The number of carbonyl (C=O) groups excluding carboxylic acids is 5. The Labute approximate surface area is 184 Å². The number of rotatable bonds is 8. The Morgan fingerprint density at radius 3 is 2.16 bits per heavy atom. The van der Waals surface area contributed by atoms with Gasteiger partial charge in [-0.25, -0.2) is 0 Å². The van der Waals surface area contributed by atoms with Crippen LogP contribution in [0.5, 0.6) is 5.75 Å². The van der Waals surface area contributed by atoms with Crippen LogP contribution in [-0.2, 0) is 38.1 Å². The first-order valence-corrected chi connectivity index (χ1v) is 9.73. The molecule has 1 N–H and O–H groups in total. The predicted octanol–water partition coefficient (Wildman–Crippen LogP) is 0.534. The molecule has 1 heterocycles. The van der Waals surface area contributed by atoms with Crippen molar-refractivity contribution in [1.82, 2.24) is 5.32 Å². The molecule has 1 aromatic carbocycles. The largest absolute Gasteiger partial charge is 0.463 e. The lowest BCUT2D eigenvalue weighted by molar-refractivity contribution is -0.257. The van der Waals surface area contributed by atoms with Crippen LogP contribution in [0.25, 0.3) is 0 Å². The van der Waals surface area contributed by atoms with Crippen molar-refractivity contribution < 1.29 is 47.7 Å². The zero-order valence-electron chi connectivity index (χ0n) is 18.1. The number of ether oxygens (including phenoxy) is 5. The first-order chi connectivity index (χ1) is 15.1. The van der Waals surface area contributed by atoms with Crippen LogP contribution in [0.3, 0.4) is 0 Å². The SMILES string of the molecule is CC(=O)N[C@H]1[C@H](Oc2ccccc2C=O)O[C@H](COC(C)=O)[C@@H](OC(C)=O)[C@@H]1OC(C)=O. The van der Waals surface area contributed by atoms with Gasteiger partial charge in [-0.05, 0) is 12.1 Å². The van der Waals surface area contributed by atoms with E-state index >= 15 is 0 Å². The molecule has 0 aromatic heterocycles. The summed E-state index contributed by atoms with van der Waals surface area (Å²) >= 11 is 0. The Bertz CT molecular complexity index is 870. The third kappa shape index (κ3) is 6.77. The number of nitrogens with one attached hydrogen (secondary N) is 1. The summed E-state index contributed by atoms with van der Waals surface area (Å²) in [5, 5.41) is 2.58. The third-order valence-corrected chi connectivity index (χ3v) is 4.36. The Balaban J connectivity index is 2.49. The number of hydrogen-bond acceptors (Lipinski definition) is 10. The molecule has 1 aliphatic rings. The summed E-state index contributed by atoms with van der Waals surface area (Å²) < 4.78 is 27.4. The highest BCUT2D eigenvalue weighted by molar-refractivity contribution is 5.79. The summed E-state index contributed by atoms with van der Waals surface area (Å²) in [4.78, 5) is 58.2. The molecule has 0 aliphatic carbocycles. The fourth-order valence-corrected chi connectivity index (χ4v) is 3.20. The molecule has 32 heavy (non-hydrogen) atoms. The lowest BCUT2D eigenvalue weighted by atomic mass is 9.96. The number of esters is 3. The minimum absolute atomic E-state index is 0.140. The van der Waals surface area contributed by atoms with Crippen molar-refractivity contribution >= 4 is 30.1 Å². The van der Waals surface area contributed by atoms with Crippen LogP contribution in [0.2, 0.25) is 0 Å². The van der Waals surface area contributed by atoms with E-state index in [1.807, 2.05) is 0 Å². The molecule has 0 unspecified atom stereocenters. The molecule has 1 amide bonds. The quantitative estimate of drug-likeness (QED) is 0.338.